The highest BCUT2D eigenvalue weighted by molar-refractivity contribution is 7.99. The van der Waals surface area contributed by atoms with Gasteiger partial charge in [0, 0.05) is 0 Å². The van der Waals surface area contributed by atoms with Gasteiger partial charge in [-0.05, 0) is 52.9 Å². The fourth-order valence-corrected chi connectivity index (χ4v) is 4.36. The maximum absolute atomic E-state index is 12.7. The molecule has 0 saturated heterocycles. The molecular formula is C28H24N6O8S. The van der Waals surface area contributed by atoms with Gasteiger partial charge >= 0.3 is 17.9 Å². The number of rotatable bonds is 11. The van der Waals surface area contributed by atoms with E-state index in [1.807, 2.05) is 0 Å². The van der Waals surface area contributed by atoms with Gasteiger partial charge in [0.25, 0.3) is 5.91 Å². The van der Waals surface area contributed by atoms with E-state index in [0.29, 0.717) is 11.4 Å². The van der Waals surface area contributed by atoms with E-state index < -0.39 is 36.3 Å². The molecule has 1 aromatic heterocycles. The molecule has 3 aromatic carbocycles. The molecule has 2 N–H and O–H groups in total. The minimum atomic E-state index is -0.788. The zero-order chi connectivity index (χ0) is 30.8. The smallest absolute Gasteiger partial charge is 0.339 e. The van der Waals surface area contributed by atoms with E-state index in [1.165, 1.54) is 49.2 Å². The Hall–Kier alpha value is -5.57. The van der Waals surface area contributed by atoms with Crippen molar-refractivity contribution in [3.8, 4) is 5.69 Å². The normalized spacial score (nSPS) is 10.4. The van der Waals surface area contributed by atoms with E-state index >= 15 is 0 Å². The quantitative estimate of drug-likeness (QED) is 0.145. The molecule has 4 aromatic rings. The second-order valence-electron chi connectivity index (χ2n) is 8.46. The molecule has 0 aliphatic rings. The van der Waals surface area contributed by atoms with E-state index in [2.05, 4.69) is 26.2 Å². The van der Waals surface area contributed by atoms with Gasteiger partial charge in [-0.15, -0.1) is 5.10 Å². The Morgan fingerprint density at radius 2 is 1.37 bits per heavy atom. The van der Waals surface area contributed by atoms with Crippen LogP contribution in [0.3, 0.4) is 0 Å². The lowest BCUT2D eigenvalue weighted by Crippen LogP contribution is -2.22. The second-order valence-corrected chi connectivity index (χ2v) is 9.40. The Morgan fingerprint density at radius 1 is 0.767 bits per heavy atom. The summed E-state index contributed by atoms with van der Waals surface area (Å²) in [6.07, 6.45) is 0. The first-order chi connectivity index (χ1) is 20.8. The number of methoxy groups -OCH3 is 2. The Kier molecular flexibility index (Phi) is 10.1. The van der Waals surface area contributed by atoms with E-state index in [9.17, 15) is 24.0 Å². The van der Waals surface area contributed by atoms with Crippen LogP contribution in [0.5, 0.6) is 0 Å². The van der Waals surface area contributed by atoms with Crippen molar-refractivity contribution in [1.29, 1.82) is 0 Å². The Morgan fingerprint density at radius 3 is 2.00 bits per heavy atom. The number of amides is 2. The van der Waals surface area contributed by atoms with Crippen LogP contribution in [0.25, 0.3) is 5.69 Å². The molecule has 0 fully saturated rings. The summed E-state index contributed by atoms with van der Waals surface area (Å²) >= 11 is 1.03. The Balaban J connectivity index is 1.36. The van der Waals surface area contributed by atoms with E-state index in [4.69, 9.17) is 14.2 Å². The summed E-state index contributed by atoms with van der Waals surface area (Å²) in [7, 11) is 2.47. The molecule has 1 heterocycles. The highest BCUT2D eigenvalue weighted by atomic mass is 32.2. The summed E-state index contributed by atoms with van der Waals surface area (Å²) in [6, 6.07) is 18.8. The number of anilines is 2. The first-order valence-electron chi connectivity index (χ1n) is 12.4. The average Bonchev–Trinajstić information content (AvgIpc) is 3.51. The van der Waals surface area contributed by atoms with Crippen LogP contribution in [-0.4, -0.2) is 76.5 Å². The molecule has 0 unspecified atom stereocenters. The van der Waals surface area contributed by atoms with Crippen LogP contribution in [0.15, 0.2) is 78.0 Å². The van der Waals surface area contributed by atoms with E-state index in [0.717, 1.165) is 11.8 Å². The number of carbonyl (C=O) groups is 5. The van der Waals surface area contributed by atoms with Crippen LogP contribution in [0.2, 0.25) is 0 Å². The van der Waals surface area contributed by atoms with Crippen molar-refractivity contribution < 1.29 is 38.2 Å². The van der Waals surface area contributed by atoms with Crippen molar-refractivity contribution in [1.82, 2.24) is 20.2 Å². The van der Waals surface area contributed by atoms with Crippen LogP contribution in [0, 0.1) is 0 Å². The maximum Gasteiger partial charge on any atom is 0.339 e. The highest BCUT2D eigenvalue weighted by Crippen LogP contribution is 2.21. The SMILES string of the molecule is COC(=O)c1ccccc1NC(=O)COC(=O)c1cccc(-n2nnnc2SCC(=O)Nc2ccccc2C(=O)OC)c1. The molecular weight excluding hydrogens is 580 g/mol. The number of hydrogen-bond donors (Lipinski definition) is 2. The van der Waals surface area contributed by atoms with Crippen LogP contribution in [0.1, 0.15) is 31.1 Å². The summed E-state index contributed by atoms with van der Waals surface area (Å²) < 4.78 is 15.9. The van der Waals surface area contributed by atoms with Gasteiger partial charge in [-0.2, -0.15) is 4.68 Å². The molecule has 2 amide bonds. The number of thioether (sulfide) groups is 1. The van der Waals surface area contributed by atoms with Crippen LogP contribution < -0.4 is 10.6 Å². The van der Waals surface area contributed by atoms with Crippen LogP contribution >= 0.6 is 11.8 Å². The third kappa shape index (κ3) is 7.80. The summed E-state index contributed by atoms with van der Waals surface area (Å²) in [5.74, 6) is -3.17. The predicted octanol–water partition coefficient (Wildman–Crippen LogP) is 2.76. The molecule has 0 bridgehead atoms. The minimum Gasteiger partial charge on any atom is -0.465 e. The van der Waals surface area contributed by atoms with Gasteiger partial charge in [0.05, 0.1) is 53.7 Å². The lowest BCUT2D eigenvalue weighted by molar-refractivity contribution is -0.119. The monoisotopic (exact) mass is 604 g/mol. The maximum atomic E-state index is 12.7. The van der Waals surface area contributed by atoms with Crippen molar-refractivity contribution in [2.24, 2.45) is 0 Å². The van der Waals surface area contributed by atoms with E-state index in [1.54, 1.807) is 42.5 Å². The topological polar surface area (TPSA) is 181 Å². The van der Waals surface area contributed by atoms with Gasteiger partial charge in [-0.3, -0.25) is 9.59 Å². The molecule has 43 heavy (non-hydrogen) atoms. The zero-order valence-electron chi connectivity index (χ0n) is 22.8. The number of ether oxygens (including phenoxy) is 3. The molecule has 0 atom stereocenters. The number of esters is 3. The lowest BCUT2D eigenvalue weighted by Gasteiger charge is -2.10. The first-order valence-corrected chi connectivity index (χ1v) is 13.4. The van der Waals surface area contributed by atoms with Crippen molar-refractivity contribution in [3.05, 3.63) is 89.5 Å². The molecule has 15 heteroatoms. The number of carbonyl (C=O) groups excluding carboxylic acids is 5. The first kappa shape index (κ1) is 30.4. The van der Waals surface area contributed by atoms with Gasteiger partial charge in [0.2, 0.25) is 11.1 Å². The summed E-state index contributed by atoms with van der Waals surface area (Å²) in [5, 5.41) is 17.0. The Labute approximate surface area is 248 Å². The molecule has 0 aliphatic heterocycles. The largest absolute Gasteiger partial charge is 0.465 e. The Bertz CT molecular complexity index is 1670. The summed E-state index contributed by atoms with van der Waals surface area (Å²) in [4.78, 5) is 61.5. The fraction of sp³-hybridized carbons (Fsp3) is 0.143. The molecule has 0 aliphatic carbocycles. The fourth-order valence-electron chi connectivity index (χ4n) is 3.67. The number of aromatic nitrogens is 4. The molecule has 0 radical (unpaired) electrons. The van der Waals surface area contributed by atoms with E-state index in [-0.39, 0.29) is 33.3 Å². The standard InChI is InChI=1S/C28H24N6O8S/c1-40-26(38)19-10-3-5-12-21(19)29-23(35)15-42-25(37)17-8-7-9-18(14-17)34-28(31-32-33-34)43-16-24(36)30-22-13-6-4-11-20(22)27(39)41-2/h3-14H,15-16H2,1-2H3,(H,29,35)(H,30,36). The number of nitrogens with one attached hydrogen (secondary N) is 2. The number of nitrogens with zero attached hydrogens (tertiary/aromatic N) is 4. The van der Waals surface area contributed by atoms with Crippen LogP contribution in [0.4, 0.5) is 11.4 Å². The van der Waals surface area contributed by atoms with Gasteiger partial charge in [-0.1, -0.05) is 42.1 Å². The van der Waals surface area contributed by atoms with Crippen molar-refractivity contribution in [2.75, 3.05) is 37.2 Å². The third-order valence-electron chi connectivity index (χ3n) is 5.65. The third-order valence-corrected chi connectivity index (χ3v) is 6.57. The molecule has 4 rings (SSSR count). The zero-order valence-corrected chi connectivity index (χ0v) is 23.6. The number of benzene rings is 3. The van der Waals surface area contributed by atoms with Crippen molar-refractivity contribution in [2.45, 2.75) is 5.16 Å². The predicted molar refractivity (Wildman–Crippen MR) is 153 cm³/mol. The minimum absolute atomic E-state index is 0.0914. The number of hydrogen-bond acceptors (Lipinski definition) is 12. The van der Waals surface area contributed by atoms with Gasteiger partial charge in [0.1, 0.15) is 0 Å². The molecule has 0 saturated carbocycles. The number of para-hydroxylation sites is 2. The molecule has 220 valence electrons. The summed E-state index contributed by atoms with van der Waals surface area (Å²) in [6.45, 7) is -0.612. The van der Waals surface area contributed by atoms with Gasteiger partial charge < -0.3 is 24.8 Å². The van der Waals surface area contributed by atoms with Gasteiger partial charge in [0.15, 0.2) is 6.61 Å². The van der Waals surface area contributed by atoms with Crippen molar-refractivity contribution in [3.63, 3.8) is 0 Å². The highest BCUT2D eigenvalue weighted by Gasteiger charge is 2.18. The van der Waals surface area contributed by atoms with Crippen LogP contribution in [-0.2, 0) is 23.8 Å². The molecule has 14 nitrogen and oxygen atoms in total. The average molecular weight is 605 g/mol. The lowest BCUT2D eigenvalue weighted by atomic mass is 10.2. The summed E-state index contributed by atoms with van der Waals surface area (Å²) in [5.41, 5.74) is 1.38. The van der Waals surface area contributed by atoms with Gasteiger partial charge in [-0.25, -0.2) is 14.4 Å². The second kappa shape index (κ2) is 14.4. The molecule has 0 spiro atoms. The number of tetrazole rings is 1. The van der Waals surface area contributed by atoms with Crippen molar-refractivity contribution >= 4 is 52.9 Å².